The van der Waals surface area contributed by atoms with E-state index in [9.17, 15) is 4.79 Å². The zero-order chi connectivity index (χ0) is 14.3. The fourth-order valence-corrected chi connectivity index (χ4v) is 2.73. The number of nitrogens with two attached hydrogens (primary N) is 1. The molecule has 0 saturated carbocycles. The van der Waals surface area contributed by atoms with E-state index in [1.807, 2.05) is 38.1 Å². The van der Waals surface area contributed by atoms with E-state index >= 15 is 0 Å². The van der Waals surface area contributed by atoms with Crippen molar-refractivity contribution in [3.63, 3.8) is 0 Å². The predicted molar refractivity (Wildman–Crippen MR) is 80.6 cm³/mol. The van der Waals surface area contributed by atoms with Crippen LogP contribution < -0.4 is 16.0 Å². The van der Waals surface area contributed by atoms with E-state index in [-0.39, 0.29) is 5.91 Å². The molecular formula is C15H18N4O. The minimum atomic E-state index is -0.628. The summed E-state index contributed by atoms with van der Waals surface area (Å²) in [5.74, 6) is 0.0176. The Balaban J connectivity index is 2.23. The molecule has 3 N–H and O–H groups in total. The molecule has 5 nitrogen and oxygen atoms in total. The average Bonchev–Trinajstić information content (AvgIpc) is 2.43. The van der Waals surface area contributed by atoms with Gasteiger partial charge in [-0.2, -0.15) is 0 Å². The van der Waals surface area contributed by atoms with Crippen LogP contribution in [0.25, 0.3) is 10.9 Å². The number of nitrogens with zero attached hydrogens (tertiary/aromatic N) is 2. The van der Waals surface area contributed by atoms with Crippen LogP contribution >= 0.6 is 0 Å². The van der Waals surface area contributed by atoms with Crippen LogP contribution in [0.5, 0.6) is 0 Å². The molecule has 1 aliphatic heterocycles. The van der Waals surface area contributed by atoms with Gasteiger partial charge in [-0.15, -0.1) is 0 Å². The molecule has 0 atom stereocenters. The molecule has 5 heteroatoms. The lowest BCUT2D eigenvalue weighted by Gasteiger charge is -2.43. The highest BCUT2D eigenvalue weighted by molar-refractivity contribution is 6.01. The van der Waals surface area contributed by atoms with Crippen LogP contribution in [0.3, 0.4) is 0 Å². The van der Waals surface area contributed by atoms with E-state index in [0.29, 0.717) is 12.2 Å². The van der Waals surface area contributed by atoms with Gasteiger partial charge in [0.05, 0.1) is 23.1 Å². The number of carbonyl (C=O) groups excluding carboxylic acids is 1. The van der Waals surface area contributed by atoms with Crippen LogP contribution in [-0.4, -0.2) is 29.5 Å². The van der Waals surface area contributed by atoms with Crippen LogP contribution in [-0.2, 0) is 4.79 Å². The maximum atomic E-state index is 12.1. The van der Waals surface area contributed by atoms with Gasteiger partial charge in [-0.3, -0.25) is 9.78 Å². The molecule has 1 fully saturated rings. The number of pyridine rings is 1. The van der Waals surface area contributed by atoms with Crippen LogP contribution in [0.2, 0.25) is 0 Å². The molecule has 1 saturated heterocycles. The van der Waals surface area contributed by atoms with Crippen LogP contribution in [0.1, 0.15) is 13.8 Å². The van der Waals surface area contributed by atoms with Gasteiger partial charge in [0.2, 0.25) is 5.91 Å². The molecule has 0 spiro atoms. The molecule has 104 valence electrons. The standard InChI is InChI=1S/C15H18N4O/c1-15(2)14(20)17-7-8-19(15)13-10-5-3-4-6-12(10)18-9-11(13)16/h3-6,9H,7-8,16H2,1-2H3,(H,17,20). The van der Waals surface area contributed by atoms with Gasteiger partial charge in [0.25, 0.3) is 0 Å². The van der Waals surface area contributed by atoms with Gasteiger partial charge in [-0.1, -0.05) is 18.2 Å². The molecule has 3 rings (SSSR count). The summed E-state index contributed by atoms with van der Waals surface area (Å²) in [5, 5.41) is 3.88. The van der Waals surface area contributed by atoms with E-state index in [1.54, 1.807) is 6.20 Å². The number of fused-ring (bicyclic) bond motifs is 1. The number of piperazine rings is 1. The number of nitrogen functional groups attached to an aromatic ring is 1. The number of carbonyl (C=O) groups is 1. The third kappa shape index (κ3) is 1.78. The third-order valence-corrected chi connectivity index (χ3v) is 3.90. The number of amides is 1. The number of nitrogens with one attached hydrogen (secondary N) is 1. The predicted octanol–water partition coefficient (Wildman–Crippen LogP) is 1.53. The van der Waals surface area contributed by atoms with Crippen LogP contribution in [0.15, 0.2) is 30.5 Å². The summed E-state index contributed by atoms with van der Waals surface area (Å²) in [7, 11) is 0. The number of benzene rings is 1. The summed E-state index contributed by atoms with van der Waals surface area (Å²) in [6.07, 6.45) is 1.67. The molecule has 0 aliphatic carbocycles. The van der Waals surface area contributed by atoms with Gasteiger partial charge in [0.15, 0.2) is 0 Å². The number of aromatic nitrogens is 1. The second-order valence-corrected chi connectivity index (χ2v) is 5.55. The Labute approximate surface area is 117 Å². The van der Waals surface area contributed by atoms with Gasteiger partial charge >= 0.3 is 0 Å². The van der Waals surface area contributed by atoms with Gasteiger partial charge in [-0.25, -0.2) is 0 Å². The van der Waals surface area contributed by atoms with Gasteiger partial charge in [0.1, 0.15) is 5.54 Å². The van der Waals surface area contributed by atoms with Crippen molar-refractivity contribution < 1.29 is 4.79 Å². The fourth-order valence-electron chi connectivity index (χ4n) is 2.73. The third-order valence-electron chi connectivity index (χ3n) is 3.90. The Hall–Kier alpha value is -2.30. The van der Waals surface area contributed by atoms with E-state index in [1.165, 1.54) is 0 Å². The lowest BCUT2D eigenvalue weighted by Crippen LogP contribution is -2.62. The molecule has 2 aromatic rings. The molecule has 1 aromatic heterocycles. The van der Waals surface area contributed by atoms with E-state index < -0.39 is 5.54 Å². The first-order valence-corrected chi connectivity index (χ1v) is 6.71. The molecular weight excluding hydrogens is 252 g/mol. The summed E-state index contributed by atoms with van der Waals surface area (Å²) in [5.41, 5.74) is 7.91. The SMILES string of the molecule is CC1(C)C(=O)NCCN1c1c(N)cnc2ccccc12. The van der Waals surface area contributed by atoms with Gasteiger partial charge < -0.3 is 16.0 Å². The second kappa shape index (κ2) is 4.37. The molecule has 20 heavy (non-hydrogen) atoms. The van der Waals surface area contributed by atoms with Gasteiger partial charge in [-0.05, 0) is 19.9 Å². The molecule has 0 bridgehead atoms. The number of hydrogen-bond acceptors (Lipinski definition) is 4. The van der Waals surface area contributed by atoms with Crippen molar-refractivity contribution in [2.24, 2.45) is 0 Å². The Morgan fingerprint density at radius 2 is 2.10 bits per heavy atom. The van der Waals surface area contributed by atoms with Gasteiger partial charge in [0, 0.05) is 18.5 Å². The van der Waals surface area contributed by atoms with Crippen molar-refractivity contribution in [1.29, 1.82) is 0 Å². The first-order valence-electron chi connectivity index (χ1n) is 6.71. The Morgan fingerprint density at radius 1 is 1.35 bits per heavy atom. The first kappa shape index (κ1) is 12.7. The lowest BCUT2D eigenvalue weighted by atomic mass is 9.96. The number of anilines is 2. The first-order chi connectivity index (χ1) is 9.51. The average molecular weight is 270 g/mol. The molecule has 1 aliphatic rings. The van der Waals surface area contributed by atoms with Crippen molar-refractivity contribution >= 4 is 28.2 Å². The Kier molecular flexibility index (Phi) is 2.78. The highest BCUT2D eigenvalue weighted by Gasteiger charge is 2.39. The summed E-state index contributed by atoms with van der Waals surface area (Å²) in [6, 6.07) is 7.86. The summed E-state index contributed by atoms with van der Waals surface area (Å²) in [6.45, 7) is 5.18. The normalized spacial score (nSPS) is 18.1. The quantitative estimate of drug-likeness (QED) is 0.824. The number of para-hydroxylation sites is 1. The molecule has 2 heterocycles. The number of rotatable bonds is 1. The molecule has 1 aromatic carbocycles. The minimum Gasteiger partial charge on any atom is -0.396 e. The number of hydrogen-bond donors (Lipinski definition) is 2. The minimum absolute atomic E-state index is 0.0176. The van der Waals surface area contributed by atoms with E-state index in [0.717, 1.165) is 23.1 Å². The zero-order valence-electron chi connectivity index (χ0n) is 11.7. The van der Waals surface area contributed by atoms with E-state index in [2.05, 4.69) is 15.2 Å². The maximum absolute atomic E-state index is 12.1. The lowest BCUT2D eigenvalue weighted by molar-refractivity contribution is -0.126. The maximum Gasteiger partial charge on any atom is 0.245 e. The van der Waals surface area contributed by atoms with Crippen molar-refractivity contribution in [3.8, 4) is 0 Å². The van der Waals surface area contributed by atoms with Crippen molar-refractivity contribution in [2.75, 3.05) is 23.7 Å². The fraction of sp³-hybridized carbons (Fsp3) is 0.333. The van der Waals surface area contributed by atoms with Crippen molar-refractivity contribution in [1.82, 2.24) is 10.3 Å². The van der Waals surface area contributed by atoms with Crippen LogP contribution in [0.4, 0.5) is 11.4 Å². The summed E-state index contributed by atoms with van der Waals surface area (Å²) in [4.78, 5) is 18.6. The zero-order valence-corrected chi connectivity index (χ0v) is 11.7. The Bertz CT molecular complexity index is 681. The summed E-state index contributed by atoms with van der Waals surface area (Å²) < 4.78 is 0. The highest BCUT2D eigenvalue weighted by atomic mass is 16.2. The van der Waals surface area contributed by atoms with E-state index in [4.69, 9.17) is 5.73 Å². The monoisotopic (exact) mass is 270 g/mol. The van der Waals surface area contributed by atoms with Crippen molar-refractivity contribution in [2.45, 2.75) is 19.4 Å². The highest BCUT2D eigenvalue weighted by Crippen LogP contribution is 2.36. The largest absolute Gasteiger partial charge is 0.396 e. The van der Waals surface area contributed by atoms with Crippen LogP contribution in [0, 0.1) is 0 Å². The molecule has 0 unspecified atom stereocenters. The molecule has 1 amide bonds. The second-order valence-electron chi connectivity index (χ2n) is 5.55. The summed E-state index contributed by atoms with van der Waals surface area (Å²) >= 11 is 0. The molecule has 0 radical (unpaired) electrons. The Morgan fingerprint density at radius 3 is 2.90 bits per heavy atom. The topological polar surface area (TPSA) is 71.2 Å². The smallest absolute Gasteiger partial charge is 0.245 e. The van der Waals surface area contributed by atoms with Crippen molar-refractivity contribution in [3.05, 3.63) is 30.5 Å².